The molecule has 276 valence electrons. The number of nitrogens with zero attached hydrogens (tertiary/aromatic N) is 2. The molecule has 2 atom stereocenters. The fraction of sp³-hybridized carbons (Fsp3) is 1.00. The zero-order chi connectivity index (χ0) is 34.4. The number of aliphatic hydroxyl groups excluding tert-OH is 2. The summed E-state index contributed by atoms with van der Waals surface area (Å²) in [5, 5.41) is 39.2. The van der Waals surface area contributed by atoms with Crippen molar-refractivity contribution in [1.82, 2.24) is 0 Å². The highest BCUT2D eigenvalue weighted by molar-refractivity contribution is 4.56. The molecule has 0 rings (SSSR count). The van der Waals surface area contributed by atoms with Crippen molar-refractivity contribution in [2.75, 3.05) is 13.1 Å². The van der Waals surface area contributed by atoms with Gasteiger partial charge in [0, 0.05) is 9.85 Å². The Hall–Kier alpha value is -1.28. The van der Waals surface area contributed by atoms with Crippen LogP contribution in [0.2, 0.25) is 0 Å². The van der Waals surface area contributed by atoms with Crippen molar-refractivity contribution in [3.05, 3.63) is 20.2 Å². The highest BCUT2D eigenvalue weighted by Crippen LogP contribution is 2.15. The molecular weight excluding hydrogens is 580 g/mol. The van der Waals surface area contributed by atoms with E-state index in [4.69, 9.17) is 0 Å². The second-order valence-electron chi connectivity index (χ2n) is 13.8. The highest BCUT2D eigenvalue weighted by Gasteiger charge is 2.11. The van der Waals surface area contributed by atoms with Crippen molar-refractivity contribution < 1.29 is 20.1 Å². The summed E-state index contributed by atoms with van der Waals surface area (Å²) >= 11 is 0. The molecule has 0 spiro atoms. The maximum atomic E-state index is 10.2. The van der Waals surface area contributed by atoms with Crippen LogP contribution in [-0.4, -0.2) is 45.4 Å². The summed E-state index contributed by atoms with van der Waals surface area (Å²) in [5.74, 6) is 0. The van der Waals surface area contributed by atoms with Crippen LogP contribution in [0, 0.1) is 20.2 Å². The van der Waals surface area contributed by atoms with Crippen molar-refractivity contribution >= 4 is 0 Å². The lowest BCUT2D eigenvalue weighted by atomic mass is 10.0. The number of aliphatic hydroxyl groups is 2. The Labute approximate surface area is 284 Å². The van der Waals surface area contributed by atoms with Gasteiger partial charge in [0.05, 0.1) is 0 Å². The quantitative estimate of drug-likeness (QED) is 0.0392. The van der Waals surface area contributed by atoms with E-state index in [2.05, 4.69) is 13.8 Å². The Balaban J connectivity index is 0. The van der Waals surface area contributed by atoms with Crippen LogP contribution >= 0.6 is 0 Å². The van der Waals surface area contributed by atoms with Crippen molar-refractivity contribution in [3.63, 3.8) is 0 Å². The lowest BCUT2D eigenvalue weighted by Gasteiger charge is -2.06. The lowest BCUT2D eigenvalue weighted by molar-refractivity contribution is -0.490. The molecule has 0 aromatic carbocycles. The third-order valence-corrected chi connectivity index (χ3v) is 9.00. The van der Waals surface area contributed by atoms with Crippen LogP contribution in [0.4, 0.5) is 0 Å². The van der Waals surface area contributed by atoms with Gasteiger partial charge >= 0.3 is 0 Å². The predicted molar refractivity (Wildman–Crippen MR) is 195 cm³/mol. The van der Waals surface area contributed by atoms with E-state index in [0.29, 0.717) is 12.8 Å². The molecule has 8 heteroatoms. The van der Waals surface area contributed by atoms with Crippen molar-refractivity contribution in [3.8, 4) is 0 Å². The third-order valence-electron chi connectivity index (χ3n) is 9.00. The smallest absolute Gasteiger partial charge is 0.229 e. The van der Waals surface area contributed by atoms with Gasteiger partial charge in [-0.25, -0.2) is 0 Å². The molecule has 0 fully saturated rings. The Morgan fingerprint density at radius 2 is 0.543 bits per heavy atom. The maximum absolute atomic E-state index is 10.2. The van der Waals surface area contributed by atoms with E-state index in [-0.39, 0.29) is 13.1 Å². The van der Waals surface area contributed by atoms with Gasteiger partial charge in [0.15, 0.2) is 0 Å². The van der Waals surface area contributed by atoms with E-state index in [9.17, 15) is 30.4 Å². The standard InChI is InChI=1S/2C19H39NO3/c2*1-2-3-4-5-6-7-8-9-10-11-12-13-14-15-16-17-19(21)18-20(22)23/h2*19,21H,2-18H2,1H3. The van der Waals surface area contributed by atoms with Crippen molar-refractivity contribution in [2.24, 2.45) is 0 Å². The number of rotatable bonds is 36. The zero-order valence-electron chi connectivity index (χ0n) is 30.6. The van der Waals surface area contributed by atoms with Crippen LogP contribution in [0.1, 0.15) is 219 Å². The fourth-order valence-electron chi connectivity index (χ4n) is 6.03. The molecule has 0 radical (unpaired) electrons. The van der Waals surface area contributed by atoms with E-state index < -0.39 is 22.1 Å². The van der Waals surface area contributed by atoms with Crippen LogP contribution in [0.5, 0.6) is 0 Å². The number of hydrogen-bond acceptors (Lipinski definition) is 6. The molecule has 0 aliphatic heterocycles. The van der Waals surface area contributed by atoms with Crippen molar-refractivity contribution in [1.29, 1.82) is 0 Å². The van der Waals surface area contributed by atoms with Gasteiger partial charge in [0.2, 0.25) is 13.1 Å². The van der Waals surface area contributed by atoms with Gasteiger partial charge < -0.3 is 10.2 Å². The highest BCUT2D eigenvalue weighted by atomic mass is 16.6. The van der Waals surface area contributed by atoms with E-state index in [1.54, 1.807) is 0 Å². The molecule has 0 aliphatic carbocycles. The molecule has 0 heterocycles. The van der Waals surface area contributed by atoms with Gasteiger partial charge in [0.1, 0.15) is 12.2 Å². The molecule has 0 saturated heterocycles. The average Bonchev–Trinajstić information content (AvgIpc) is 3.00. The predicted octanol–water partition coefficient (Wildman–Crippen LogP) is 11.8. The summed E-state index contributed by atoms with van der Waals surface area (Å²) in [6, 6.07) is 0. The Morgan fingerprint density at radius 3 is 0.717 bits per heavy atom. The molecule has 0 aromatic heterocycles. The van der Waals surface area contributed by atoms with Gasteiger partial charge in [0.25, 0.3) is 0 Å². The molecule has 0 bridgehead atoms. The molecular formula is C38H78N2O6. The second-order valence-corrected chi connectivity index (χ2v) is 13.8. The van der Waals surface area contributed by atoms with Crippen LogP contribution in [0.3, 0.4) is 0 Å². The lowest BCUT2D eigenvalue weighted by Crippen LogP contribution is -2.18. The van der Waals surface area contributed by atoms with Gasteiger partial charge in [-0.3, -0.25) is 20.2 Å². The summed E-state index contributed by atoms with van der Waals surface area (Å²) in [6.45, 7) is 3.91. The molecule has 2 N–H and O–H groups in total. The summed E-state index contributed by atoms with van der Waals surface area (Å²) < 4.78 is 0. The Bertz CT molecular complexity index is 570. The normalized spacial score (nSPS) is 12.4. The first-order chi connectivity index (χ1) is 22.3. The number of nitro groups is 2. The fourth-order valence-corrected chi connectivity index (χ4v) is 6.03. The minimum absolute atomic E-state index is 0.307. The van der Waals surface area contributed by atoms with Gasteiger partial charge in [-0.05, 0) is 12.8 Å². The third kappa shape index (κ3) is 44.8. The molecule has 2 unspecified atom stereocenters. The monoisotopic (exact) mass is 659 g/mol. The minimum atomic E-state index is -0.757. The summed E-state index contributed by atoms with van der Waals surface area (Å²) in [7, 11) is 0. The molecule has 0 saturated carbocycles. The van der Waals surface area contributed by atoms with Gasteiger partial charge in [-0.1, -0.05) is 206 Å². The SMILES string of the molecule is CCCCCCCCCCCCCCCCCC(O)C[N+](=O)[O-].CCCCCCCCCCCCCCCCCC(O)C[N+](=O)[O-]. The number of unbranched alkanes of at least 4 members (excludes halogenated alkanes) is 28. The van der Waals surface area contributed by atoms with Crippen LogP contribution in [0.15, 0.2) is 0 Å². The van der Waals surface area contributed by atoms with Crippen LogP contribution in [-0.2, 0) is 0 Å². The molecule has 8 nitrogen and oxygen atoms in total. The second kappa shape index (κ2) is 39.9. The molecule has 0 amide bonds. The summed E-state index contributed by atoms with van der Waals surface area (Å²) in [4.78, 5) is 19.6. The van der Waals surface area contributed by atoms with E-state index >= 15 is 0 Å². The minimum Gasteiger partial charge on any atom is -0.386 e. The van der Waals surface area contributed by atoms with E-state index in [1.165, 1.54) is 167 Å². The first-order valence-electron chi connectivity index (χ1n) is 19.9. The zero-order valence-corrected chi connectivity index (χ0v) is 30.6. The van der Waals surface area contributed by atoms with Gasteiger partial charge in [-0.2, -0.15) is 0 Å². The van der Waals surface area contributed by atoms with E-state index in [0.717, 1.165) is 25.7 Å². The van der Waals surface area contributed by atoms with Crippen LogP contribution < -0.4 is 0 Å². The summed E-state index contributed by atoms with van der Waals surface area (Å²) in [6.07, 6.45) is 39.0. The Morgan fingerprint density at radius 1 is 0.370 bits per heavy atom. The average molecular weight is 659 g/mol. The first kappa shape index (κ1) is 46.8. The van der Waals surface area contributed by atoms with E-state index in [1.807, 2.05) is 0 Å². The summed E-state index contributed by atoms with van der Waals surface area (Å²) in [5.41, 5.74) is 0. The molecule has 0 aromatic rings. The van der Waals surface area contributed by atoms with Crippen molar-refractivity contribution in [2.45, 2.75) is 232 Å². The van der Waals surface area contributed by atoms with Crippen LogP contribution in [0.25, 0.3) is 0 Å². The van der Waals surface area contributed by atoms with Gasteiger partial charge in [-0.15, -0.1) is 0 Å². The largest absolute Gasteiger partial charge is 0.386 e. The number of hydrogen-bond donors (Lipinski definition) is 2. The molecule has 46 heavy (non-hydrogen) atoms. The first-order valence-corrected chi connectivity index (χ1v) is 19.9. The Kier molecular flexibility index (Phi) is 40.6. The maximum Gasteiger partial charge on any atom is 0.229 e. The molecule has 0 aliphatic rings. The topological polar surface area (TPSA) is 127 Å².